The molecule has 3 N–H and O–H groups in total. The average Bonchev–Trinajstić information content (AvgIpc) is 3.46. The summed E-state index contributed by atoms with van der Waals surface area (Å²) in [5.74, 6) is -4.86. The van der Waals surface area contributed by atoms with E-state index in [4.69, 9.17) is 10.5 Å². The summed E-state index contributed by atoms with van der Waals surface area (Å²) in [7, 11) is 0. The van der Waals surface area contributed by atoms with Gasteiger partial charge in [-0.25, -0.2) is 13.2 Å². The summed E-state index contributed by atoms with van der Waals surface area (Å²) in [6.45, 7) is 5.70. The number of ketones is 1. The van der Waals surface area contributed by atoms with Crippen LogP contribution in [0.25, 0.3) is 5.69 Å². The fraction of sp³-hybridized carbons (Fsp3) is 0.406. The third-order valence-corrected chi connectivity index (χ3v) is 7.59. The van der Waals surface area contributed by atoms with E-state index in [0.717, 1.165) is 62.1 Å². The third-order valence-electron chi connectivity index (χ3n) is 7.59. The number of carboxylic acids is 1. The molecule has 0 radical (unpaired) electrons. The molecule has 1 saturated carbocycles. The van der Waals surface area contributed by atoms with Crippen LogP contribution in [0.4, 0.5) is 19.0 Å². The summed E-state index contributed by atoms with van der Waals surface area (Å²) in [5.41, 5.74) is 4.13. The summed E-state index contributed by atoms with van der Waals surface area (Å²) in [5, 5.41) is 10.0. The summed E-state index contributed by atoms with van der Waals surface area (Å²) in [6.07, 6.45) is 3.69. The van der Waals surface area contributed by atoms with Crippen LogP contribution in [0.3, 0.4) is 0 Å². The van der Waals surface area contributed by atoms with Gasteiger partial charge < -0.3 is 15.6 Å². The largest absolute Gasteiger partial charge is 0.480 e. The maximum atomic E-state index is 15.5. The molecular formula is C32H36F3N3O5. The van der Waals surface area contributed by atoms with Gasteiger partial charge in [-0.05, 0) is 88.1 Å². The van der Waals surface area contributed by atoms with Gasteiger partial charge in [-0.3, -0.25) is 23.9 Å². The number of nitrogens with zero attached hydrogens (tertiary/aromatic N) is 2. The van der Waals surface area contributed by atoms with Crippen molar-refractivity contribution in [3.05, 3.63) is 93.0 Å². The first-order valence-electron chi connectivity index (χ1n) is 14.2. The van der Waals surface area contributed by atoms with E-state index in [1.165, 1.54) is 12.1 Å². The van der Waals surface area contributed by atoms with Crippen molar-refractivity contribution in [2.45, 2.75) is 70.6 Å². The lowest BCUT2D eigenvalue weighted by Crippen LogP contribution is -2.50. The zero-order valence-corrected chi connectivity index (χ0v) is 24.4. The molecule has 1 unspecified atom stereocenters. The number of anilines is 1. The molecule has 1 fully saturated rings. The second-order valence-corrected chi connectivity index (χ2v) is 11.8. The second kappa shape index (κ2) is 13.1. The van der Waals surface area contributed by atoms with Crippen LogP contribution in [0.1, 0.15) is 67.9 Å². The van der Waals surface area contributed by atoms with Crippen LogP contribution >= 0.6 is 0 Å². The van der Waals surface area contributed by atoms with E-state index in [2.05, 4.69) is 0 Å². The number of benzene rings is 2. The Morgan fingerprint density at radius 2 is 1.65 bits per heavy atom. The van der Waals surface area contributed by atoms with Gasteiger partial charge in [0.05, 0.1) is 17.8 Å². The first-order valence-corrected chi connectivity index (χ1v) is 14.2. The number of nitrogens with two attached hydrogens (primary N) is 1. The molecule has 0 spiro atoms. The highest BCUT2D eigenvalue weighted by Gasteiger charge is 2.34. The molecule has 8 nitrogen and oxygen atoms in total. The van der Waals surface area contributed by atoms with Crippen molar-refractivity contribution in [2.24, 2.45) is 0 Å². The molecule has 0 bridgehead atoms. The molecular weight excluding hydrogens is 563 g/mol. The van der Waals surface area contributed by atoms with Crippen LogP contribution in [0.15, 0.2) is 53.3 Å². The molecule has 1 atom stereocenters. The minimum atomic E-state index is -1.08. The predicted molar refractivity (Wildman–Crippen MR) is 156 cm³/mol. The molecule has 4 rings (SSSR count). The lowest BCUT2D eigenvalue weighted by atomic mass is 10.0. The van der Waals surface area contributed by atoms with E-state index in [1.807, 2.05) is 25.7 Å². The van der Waals surface area contributed by atoms with E-state index in [-0.39, 0.29) is 42.3 Å². The molecule has 0 saturated heterocycles. The first kappa shape index (κ1) is 32.0. The zero-order valence-electron chi connectivity index (χ0n) is 24.4. The Morgan fingerprint density at radius 3 is 2.21 bits per heavy atom. The molecule has 3 aromatic rings. The Kier molecular flexibility index (Phi) is 9.76. The molecule has 2 aromatic carbocycles. The Balaban J connectivity index is 1.62. The molecule has 0 amide bonds. The average molecular weight is 600 g/mol. The minimum Gasteiger partial charge on any atom is -0.480 e. The molecule has 0 aliphatic heterocycles. The Bertz CT molecular complexity index is 1520. The van der Waals surface area contributed by atoms with Crippen molar-refractivity contribution < 1.29 is 32.6 Å². The molecule has 43 heavy (non-hydrogen) atoms. The van der Waals surface area contributed by atoms with E-state index >= 15 is 8.78 Å². The molecule has 1 aliphatic rings. The topological polar surface area (TPSA) is 115 Å². The van der Waals surface area contributed by atoms with Gasteiger partial charge in [-0.15, -0.1) is 0 Å². The molecule has 11 heteroatoms. The summed E-state index contributed by atoms with van der Waals surface area (Å²) >= 11 is 0. The molecule has 1 heterocycles. The maximum Gasteiger partial charge on any atom is 0.323 e. The summed E-state index contributed by atoms with van der Waals surface area (Å²) in [6, 6.07) is 8.00. The van der Waals surface area contributed by atoms with Gasteiger partial charge >= 0.3 is 5.97 Å². The van der Waals surface area contributed by atoms with E-state index in [0.29, 0.717) is 4.57 Å². The number of carbonyl (C=O) groups excluding carboxylic acids is 1. The predicted octanol–water partition coefficient (Wildman–Crippen LogP) is 5.12. The van der Waals surface area contributed by atoms with Crippen molar-refractivity contribution in [3.8, 4) is 5.69 Å². The van der Waals surface area contributed by atoms with Crippen LogP contribution in [-0.4, -0.2) is 57.2 Å². The van der Waals surface area contributed by atoms with Gasteiger partial charge in [0, 0.05) is 24.2 Å². The monoisotopic (exact) mass is 599 g/mol. The van der Waals surface area contributed by atoms with Gasteiger partial charge in [-0.1, -0.05) is 12.8 Å². The first-order chi connectivity index (χ1) is 20.3. The minimum absolute atomic E-state index is 0.00149. The number of ether oxygens (including phenoxy) is 1. The van der Waals surface area contributed by atoms with Crippen molar-refractivity contribution in [2.75, 3.05) is 18.9 Å². The number of aliphatic carboxylic acids is 1. The van der Waals surface area contributed by atoms with E-state index in [1.54, 1.807) is 0 Å². The van der Waals surface area contributed by atoms with Crippen LogP contribution in [-0.2, 0) is 16.0 Å². The number of carboxylic acid groups (broad SMARTS) is 1. The van der Waals surface area contributed by atoms with E-state index < -0.39 is 57.9 Å². The molecule has 1 aliphatic carbocycles. The number of pyridine rings is 1. The van der Waals surface area contributed by atoms with Crippen molar-refractivity contribution in [1.82, 2.24) is 9.47 Å². The number of carbonyl (C=O) groups is 2. The van der Waals surface area contributed by atoms with Crippen molar-refractivity contribution >= 4 is 17.6 Å². The number of nitrogen functional groups attached to an aromatic ring is 1. The smallest absolute Gasteiger partial charge is 0.323 e. The number of aromatic nitrogens is 1. The fourth-order valence-corrected chi connectivity index (χ4v) is 5.43. The highest BCUT2D eigenvalue weighted by atomic mass is 19.1. The number of hydrogen-bond donors (Lipinski definition) is 2. The lowest BCUT2D eigenvalue weighted by molar-refractivity contribution is -0.149. The fourth-order valence-electron chi connectivity index (χ4n) is 5.43. The van der Waals surface area contributed by atoms with Gasteiger partial charge in [0.2, 0.25) is 0 Å². The number of halogens is 3. The van der Waals surface area contributed by atoms with Crippen molar-refractivity contribution in [3.63, 3.8) is 0 Å². The third kappa shape index (κ3) is 7.52. The normalized spacial score (nSPS) is 14.8. The van der Waals surface area contributed by atoms with Crippen LogP contribution in [0.2, 0.25) is 0 Å². The summed E-state index contributed by atoms with van der Waals surface area (Å²) in [4.78, 5) is 39.8. The Labute approximate surface area is 247 Å². The molecule has 1 aromatic heterocycles. The zero-order chi connectivity index (χ0) is 31.5. The van der Waals surface area contributed by atoms with E-state index in [9.17, 15) is 23.9 Å². The number of hydrogen-bond acceptors (Lipinski definition) is 6. The Morgan fingerprint density at radius 1 is 1.05 bits per heavy atom. The van der Waals surface area contributed by atoms with Crippen LogP contribution < -0.4 is 11.3 Å². The summed E-state index contributed by atoms with van der Waals surface area (Å²) < 4.78 is 50.7. The lowest BCUT2D eigenvalue weighted by Gasteiger charge is -2.35. The maximum absolute atomic E-state index is 15.5. The van der Waals surface area contributed by atoms with Gasteiger partial charge in [-0.2, -0.15) is 0 Å². The van der Waals surface area contributed by atoms with Gasteiger partial charge in [0.25, 0.3) is 5.56 Å². The standard InChI is InChI=1S/C32H36F3N3O5/c1-32(2,3)43-18-26(31(41)42)37(22-6-4-5-7-22)15-14-19-16-24(34)28(25(35)17-19)38-27(39)13-12-23(30(38)36)29(40)20-8-10-21(33)11-9-20/h8-13,16-17,22,26H,4-7,14-15,18,36H2,1-3H3,(H,41,42). The van der Waals surface area contributed by atoms with Gasteiger partial charge in [0.1, 0.15) is 23.4 Å². The molecule has 230 valence electrons. The van der Waals surface area contributed by atoms with Crippen LogP contribution in [0, 0.1) is 17.5 Å². The highest BCUT2D eigenvalue weighted by molar-refractivity contribution is 6.11. The highest BCUT2D eigenvalue weighted by Crippen LogP contribution is 2.28. The quantitative estimate of drug-likeness (QED) is 0.294. The Hall–Kier alpha value is -3.96. The van der Waals surface area contributed by atoms with Crippen molar-refractivity contribution in [1.29, 1.82) is 0 Å². The van der Waals surface area contributed by atoms with Crippen LogP contribution in [0.5, 0.6) is 0 Å². The van der Waals surface area contributed by atoms with Gasteiger partial charge in [0.15, 0.2) is 17.4 Å². The second-order valence-electron chi connectivity index (χ2n) is 11.8. The SMILES string of the molecule is CC(C)(C)OCC(C(=O)O)N(CCc1cc(F)c(-n2c(N)c(C(=O)c3ccc(F)cc3)ccc2=O)c(F)c1)C1CCCC1. The number of rotatable bonds is 11.